The van der Waals surface area contributed by atoms with Gasteiger partial charge in [0.15, 0.2) is 0 Å². The van der Waals surface area contributed by atoms with Crippen LogP contribution in [0.25, 0.3) is 10.9 Å². The first-order valence-corrected chi connectivity index (χ1v) is 6.96. The number of nitrogens with one attached hydrogen (secondary N) is 3. The van der Waals surface area contributed by atoms with Gasteiger partial charge in [0.2, 0.25) is 0 Å². The summed E-state index contributed by atoms with van der Waals surface area (Å²) in [6.07, 6.45) is 1.93. The van der Waals surface area contributed by atoms with E-state index < -0.39 is 0 Å². The lowest BCUT2D eigenvalue weighted by Crippen LogP contribution is -2.36. The SMILES string of the molecule is O=C(NNCc1c[nH]c2ccccc12)c1ccccc1Cl. The number of aromatic amines is 1. The van der Waals surface area contributed by atoms with E-state index in [9.17, 15) is 4.79 Å². The number of benzene rings is 2. The van der Waals surface area contributed by atoms with Gasteiger partial charge in [0.25, 0.3) is 5.91 Å². The molecule has 0 radical (unpaired) electrons. The summed E-state index contributed by atoms with van der Waals surface area (Å²) in [5.74, 6) is -0.250. The van der Waals surface area contributed by atoms with Crippen molar-refractivity contribution in [2.24, 2.45) is 0 Å². The topological polar surface area (TPSA) is 56.9 Å². The Morgan fingerprint density at radius 1 is 1.10 bits per heavy atom. The monoisotopic (exact) mass is 299 g/mol. The number of hydrazine groups is 1. The molecule has 0 aliphatic rings. The number of hydrogen-bond donors (Lipinski definition) is 3. The standard InChI is InChI=1S/C16H14ClN3O/c17-14-7-3-1-6-13(14)16(21)20-19-10-11-9-18-15-8-4-2-5-12(11)15/h1-9,18-19H,10H2,(H,20,21). The van der Waals surface area contributed by atoms with Crippen LogP contribution in [0.5, 0.6) is 0 Å². The Bertz CT molecular complexity index is 782. The van der Waals surface area contributed by atoms with Gasteiger partial charge in [-0.15, -0.1) is 0 Å². The van der Waals surface area contributed by atoms with E-state index in [2.05, 4.69) is 15.8 Å². The number of carbonyl (C=O) groups is 1. The summed E-state index contributed by atoms with van der Waals surface area (Å²) in [5.41, 5.74) is 8.20. The number of amides is 1. The van der Waals surface area contributed by atoms with Gasteiger partial charge in [-0.3, -0.25) is 10.2 Å². The second-order valence-corrected chi connectivity index (χ2v) is 5.05. The van der Waals surface area contributed by atoms with Crippen LogP contribution in [0.4, 0.5) is 0 Å². The zero-order valence-electron chi connectivity index (χ0n) is 11.2. The number of aromatic nitrogens is 1. The fraction of sp³-hybridized carbons (Fsp3) is 0.0625. The maximum Gasteiger partial charge on any atom is 0.266 e. The third kappa shape index (κ3) is 2.91. The third-order valence-corrected chi connectivity index (χ3v) is 3.60. The summed E-state index contributed by atoms with van der Waals surface area (Å²) in [6.45, 7) is 0.528. The predicted octanol–water partition coefficient (Wildman–Crippen LogP) is 3.26. The molecule has 0 saturated carbocycles. The lowest BCUT2D eigenvalue weighted by molar-refractivity contribution is 0.0932. The van der Waals surface area contributed by atoms with E-state index in [0.29, 0.717) is 17.1 Å². The molecule has 0 fully saturated rings. The van der Waals surface area contributed by atoms with Crippen LogP contribution in [-0.2, 0) is 6.54 Å². The molecule has 5 heteroatoms. The number of carbonyl (C=O) groups excluding carboxylic acids is 1. The normalized spacial score (nSPS) is 10.7. The van der Waals surface area contributed by atoms with Gasteiger partial charge in [0.05, 0.1) is 10.6 Å². The van der Waals surface area contributed by atoms with Gasteiger partial charge in [0, 0.05) is 23.6 Å². The van der Waals surface area contributed by atoms with Gasteiger partial charge in [-0.2, -0.15) is 0 Å². The summed E-state index contributed by atoms with van der Waals surface area (Å²) in [7, 11) is 0. The Balaban J connectivity index is 1.64. The number of halogens is 1. The Morgan fingerprint density at radius 3 is 2.71 bits per heavy atom. The van der Waals surface area contributed by atoms with Crippen LogP contribution in [-0.4, -0.2) is 10.9 Å². The van der Waals surface area contributed by atoms with E-state index in [1.54, 1.807) is 24.3 Å². The quantitative estimate of drug-likeness (QED) is 0.648. The Morgan fingerprint density at radius 2 is 1.86 bits per heavy atom. The van der Waals surface area contributed by atoms with E-state index in [1.807, 2.05) is 30.5 Å². The van der Waals surface area contributed by atoms with Crippen molar-refractivity contribution in [3.8, 4) is 0 Å². The molecule has 0 spiro atoms. The van der Waals surface area contributed by atoms with E-state index in [1.165, 1.54) is 0 Å². The van der Waals surface area contributed by atoms with Crippen LogP contribution in [0.1, 0.15) is 15.9 Å². The van der Waals surface area contributed by atoms with Crippen LogP contribution < -0.4 is 10.9 Å². The molecule has 0 bridgehead atoms. The zero-order chi connectivity index (χ0) is 14.7. The molecule has 1 aromatic heterocycles. The van der Waals surface area contributed by atoms with Gasteiger partial charge >= 0.3 is 0 Å². The maximum atomic E-state index is 12.0. The molecule has 3 rings (SSSR count). The van der Waals surface area contributed by atoms with Crippen molar-refractivity contribution >= 4 is 28.4 Å². The lowest BCUT2D eigenvalue weighted by atomic mass is 10.2. The van der Waals surface area contributed by atoms with Gasteiger partial charge in [-0.1, -0.05) is 41.9 Å². The predicted molar refractivity (Wildman–Crippen MR) is 84.1 cm³/mol. The zero-order valence-corrected chi connectivity index (χ0v) is 11.9. The second-order valence-electron chi connectivity index (χ2n) is 4.65. The first-order chi connectivity index (χ1) is 10.3. The Hall–Kier alpha value is -2.30. The smallest absolute Gasteiger partial charge is 0.266 e. The summed E-state index contributed by atoms with van der Waals surface area (Å²) in [5, 5.41) is 1.57. The molecule has 106 valence electrons. The van der Waals surface area contributed by atoms with Crippen molar-refractivity contribution in [2.75, 3.05) is 0 Å². The molecular weight excluding hydrogens is 286 g/mol. The van der Waals surface area contributed by atoms with Crippen LogP contribution in [0.2, 0.25) is 5.02 Å². The van der Waals surface area contributed by atoms with Gasteiger partial charge < -0.3 is 4.98 Å². The van der Waals surface area contributed by atoms with Crippen LogP contribution in [0.3, 0.4) is 0 Å². The number of H-pyrrole nitrogens is 1. The van der Waals surface area contributed by atoms with Gasteiger partial charge in [-0.25, -0.2) is 5.43 Å². The van der Waals surface area contributed by atoms with Gasteiger partial charge in [-0.05, 0) is 23.8 Å². The van der Waals surface area contributed by atoms with Crippen LogP contribution in [0, 0.1) is 0 Å². The fourth-order valence-corrected chi connectivity index (χ4v) is 2.43. The Labute approximate surface area is 127 Å². The summed E-state index contributed by atoms with van der Waals surface area (Å²) < 4.78 is 0. The van der Waals surface area contributed by atoms with E-state index in [4.69, 9.17) is 11.6 Å². The molecule has 21 heavy (non-hydrogen) atoms. The summed E-state index contributed by atoms with van der Waals surface area (Å²) in [4.78, 5) is 15.2. The minimum absolute atomic E-state index is 0.250. The lowest BCUT2D eigenvalue weighted by Gasteiger charge is -2.07. The fourth-order valence-electron chi connectivity index (χ4n) is 2.21. The molecule has 2 aromatic carbocycles. The molecular formula is C16H14ClN3O. The molecule has 0 aliphatic heterocycles. The molecule has 4 nitrogen and oxygen atoms in total. The van der Waals surface area contributed by atoms with Gasteiger partial charge in [0.1, 0.15) is 0 Å². The van der Waals surface area contributed by atoms with Crippen molar-refractivity contribution in [1.29, 1.82) is 0 Å². The number of fused-ring (bicyclic) bond motifs is 1. The third-order valence-electron chi connectivity index (χ3n) is 3.27. The highest BCUT2D eigenvalue weighted by Crippen LogP contribution is 2.17. The number of rotatable bonds is 4. The van der Waals surface area contributed by atoms with Crippen molar-refractivity contribution < 1.29 is 4.79 Å². The average Bonchev–Trinajstić information content (AvgIpc) is 2.91. The minimum Gasteiger partial charge on any atom is -0.361 e. The minimum atomic E-state index is -0.250. The molecule has 0 aliphatic carbocycles. The molecule has 1 amide bonds. The highest BCUT2D eigenvalue weighted by atomic mass is 35.5. The molecule has 3 N–H and O–H groups in total. The molecule has 3 aromatic rings. The Kier molecular flexibility index (Phi) is 3.90. The van der Waals surface area contributed by atoms with E-state index in [-0.39, 0.29) is 5.91 Å². The molecule has 0 atom stereocenters. The van der Waals surface area contributed by atoms with Crippen molar-refractivity contribution in [3.05, 3.63) is 70.9 Å². The maximum absolute atomic E-state index is 12.0. The number of para-hydroxylation sites is 1. The molecule has 1 heterocycles. The average molecular weight is 300 g/mol. The molecule has 0 saturated heterocycles. The molecule has 0 unspecified atom stereocenters. The summed E-state index contributed by atoms with van der Waals surface area (Å²) >= 11 is 5.98. The van der Waals surface area contributed by atoms with Crippen molar-refractivity contribution in [3.63, 3.8) is 0 Å². The second kappa shape index (κ2) is 5.99. The first kappa shape index (κ1) is 13.7. The highest BCUT2D eigenvalue weighted by molar-refractivity contribution is 6.33. The summed E-state index contributed by atoms with van der Waals surface area (Å²) in [6, 6.07) is 15.0. The van der Waals surface area contributed by atoms with Crippen molar-refractivity contribution in [1.82, 2.24) is 15.8 Å². The van der Waals surface area contributed by atoms with Crippen LogP contribution >= 0.6 is 11.6 Å². The highest BCUT2D eigenvalue weighted by Gasteiger charge is 2.09. The van der Waals surface area contributed by atoms with Crippen molar-refractivity contribution in [2.45, 2.75) is 6.54 Å². The van der Waals surface area contributed by atoms with Crippen LogP contribution in [0.15, 0.2) is 54.7 Å². The van der Waals surface area contributed by atoms with E-state index >= 15 is 0 Å². The first-order valence-electron chi connectivity index (χ1n) is 6.58. The van der Waals surface area contributed by atoms with E-state index in [0.717, 1.165) is 16.5 Å². The number of hydrogen-bond acceptors (Lipinski definition) is 2. The largest absolute Gasteiger partial charge is 0.361 e.